The van der Waals surface area contributed by atoms with Crippen LogP contribution >= 0.6 is 11.3 Å². The highest BCUT2D eigenvalue weighted by atomic mass is 32.1. The quantitative estimate of drug-likeness (QED) is 0.846. The van der Waals surface area contributed by atoms with Crippen LogP contribution in [0, 0.1) is 11.8 Å². The molecular formula is C16H17N3OS. The van der Waals surface area contributed by atoms with Crippen LogP contribution in [0.3, 0.4) is 0 Å². The Labute approximate surface area is 128 Å². The Hall–Kier alpha value is -2.16. The minimum absolute atomic E-state index is 0.0356. The molecule has 1 unspecified atom stereocenters. The number of amides is 1. The van der Waals surface area contributed by atoms with E-state index in [1.807, 2.05) is 18.4 Å². The molecule has 0 aliphatic carbocycles. The highest BCUT2D eigenvalue weighted by Gasteiger charge is 2.14. The van der Waals surface area contributed by atoms with Crippen LogP contribution in [0.2, 0.25) is 0 Å². The lowest BCUT2D eigenvalue weighted by Gasteiger charge is -2.13. The molecule has 21 heavy (non-hydrogen) atoms. The van der Waals surface area contributed by atoms with Gasteiger partial charge in [0.15, 0.2) is 0 Å². The molecule has 0 fully saturated rings. The van der Waals surface area contributed by atoms with Gasteiger partial charge in [-0.25, -0.2) is 4.98 Å². The van der Waals surface area contributed by atoms with Gasteiger partial charge >= 0.3 is 0 Å². The van der Waals surface area contributed by atoms with Crippen molar-refractivity contribution >= 4 is 17.2 Å². The normalized spacial score (nSPS) is 11.3. The van der Waals surface area contributed by atoms with Crippen LogP contribution in [0.5, 0.6) is 0 Å². The summed E-state index contributed by atoms with van der Waals surface area (Å²) in [6, 6.07) is 7.63. The SMILES string of the molecule is CC(Cc1cccs1)NC(=O)c1ncccc1C#CCN. The number of nitrogens with two attached hydrogens (primary N) is 1. The van der Waals surface area contributed by atoms with E-state index >= 15 is 0 Å². The van der Waals surface area contributed by atoms with Crippen LogP contribution in [0.1, 0.15) is 27.9 Å². The van der Waals surface area contributed by atoms with E-state index in [1.165, 1.54) is 4.88 Å². The molecule has 0 saturated carbocycles. The molecule has 1 amide bonds. The third-order valence-corrected chi connectivity index (χ3v) is 3.71. The van der Waals surface area contributed by atoms with Gasteiger partial charge in [0, 0.05) is 23.5 Å². The van der Waals surface area contributed by atoms with Gasteiger partial charge in [-0.15, -0.1) is 11.3 Å². The van der Waals surface area contributed by atoms with Gasteiger partial charge in [0.25, 0.3) is 5.91 Å². The Kier molecular flexibility index (Phi) is 5.50. The molecule has 2 aromatic heterocycles. The van der Waals surface area contributed by atoms with E-state index in [4.69, 9.17) is 5.73 Å². The van der Waals surface area contributed by atoms with E-state index < -0.39 is 0 Å². The number of nitrogens with zero attached hydrogens (tertiary/aromatic N) is 1. The number of thiophene rings is 1. The molecule has 5 heteroatoms. The van der Waals surface area contributed by atoms with Crippen molar-refractivity contribution in [3.63, 3.8) is 0 Å². The van der Waals surface area contributed by atoms with Crippen molar-refractivity contribution < 1.29 is 4.79 Å². The van der Waals surface area contributed by atoms with Gasteiger partial charge in [0.1, 0.15) is 5.69 Å². The van der Waals surface area contributed by atoms with Crippen molar-refractivity contribution in [2.24, 2.45) is 5.73 Å². The van der Waals surface area contributed by atoms with E-state index in [1.54, 1.807) is 29.7 Å². The zero-order valence-electron chi connectivity index (χ0n) is 11.8. The number of carbonyl (C=O) groups is 1. The van der Waals surface area contributed by atoms with Gasteiger partial charge in [0.05, 0.1) is 12.1 Å². The summed E-state index contributed by atoms with van der Waals surface area (Å²) in [4.78, 5) is 17.7. The Bertz CT molecular complexity index is 656. The molecule has 2 heterocycles. The molecule has 108 valence electrons. The number of aromatic nitrogens is 1. The van der Waals surface area contributed by atoms with Gasteiger partial charge in [0.2, 0.25) is 0 Å². The maximum absolute atomic E-state index is 12.3. The molecule has 4 nitrogen and oxygen atoms in total. The standard InChI is InChI=1S/C16H17N3OS/c1-12(11-14-7-4-10-21-14)19-16(20)15-13(5-2-8-17)6-3-9-18-15/h3-4,6-7,9-10,12H,8,11,17H2,1H3,(H,19,20). The second-order valence-electron chi connectivity index (χ2n) is 4.56. The van der Waals surface area contributed by atoms with Crippen molar-refractivity contribution in [3.05, 3.63) is 52.0 Å². The first-order valence-electron chi connectivity index (χ1n) is 6.68. The zero-order chi connectivity index (χ0) is 15.1. The molecule has 0 spiro atoms. The van der Waals surface area contributed by atoms with Crippen molar-refractivity contribution in [1.82, 2.24) is 10.3 Å². The summed E-state index contributed by atoms with van der Waals surface area (Å²) in [5.74, 6) is 5.42. The third-order valence-electron chi connectivity index (χ3n) is 2.81. The highest BCUT2D eigenvalue weighted by molar-refractivity contribution is 7.09. The number of rotatable bonds is 4. The molecule has 0 saturated heterocycles. The summed E-state index contributed by atoms with van der Waals surface area (Å²) < 4.78 is 0. The molecule has 2 aromatic rings. The predicted octanol–water partition coefficient (Wildman–Crippen LogP) is 1.81. The zero-order valence-corrected chi connectivity index (χ0v) is 12.6. The van der Waals surface area contributed by atoms with Crippen molar-refractivity contribution in [2.75, 3.05) is 6.54 Å². The van der Waals surface area contributed by atoms with E-state index in [2.05, 4.69) is 28.2 Å². The monoisotopic (exact) mass is 299 g/mol. The van der Waals surface area contributed by atoms with Gasteiger partial charge in [-0.2, -0.15) is 0 Å². The first kappa shape index (κ1) is 15.2. The number of nitrogens with one attached hydrogen (secondary N) is 1. The molecule has 0 bridgehead atoms. The fourth-order valence-electron chi connectivity index (χ4n) is 1.91. The fourth-order valence-corrected chi connectivity index (χ4v) is 2.74. The average molecular weight is 299 g/mol. The Morgan fingerprint density at radius 2 is 2.33 bits per heavy atom. The van der Waals surface area contributed by atoms with Crippen LogP contribution in [0.25, 0.3) is 0 Å². The van der Waals surface area contributed by atoms with Gasteiger partial charge in [-0.1, -0.05) is 17.9 Å². The number of pyridine rings is 1. The van der Waals surface area contributed by atoms with Crippen LogP contribution in [-0.2, 0) is 6.42 Å². The lowest BCUT2D eigenvalue weighted by molar-refractivity contribution is 0.0935. The second-order valence-corrected chi connectivity index (χ2v) is 5.60. The lowest BCUT2D eigenvalue weighted by atomic mass is 10.1. The van der Waals surface area contributed by atoms with E-state index in [-0.39, 0.29) is 18.5 Å². The number of hydrogen-bond donors (Lipinski definition) is 2. The van der Waals surface area contributed by atoms with Gasteiger partial charge < -0.3 is 11.1 Å². The van der Waals surface area contributed by atoms with Crippen LogP contribution in [-0.4, -0.2) is 23.5 Å². The summed E-state index contributed by atoms with van der Waals surface area (Å²) >= 11 is 1.69. The van der Waals surface area contributed by atoms with Crippen LogP contribution in [0.15, 0.2) is 35.8 Å². The summed E-state index contributed by atoms with van der Waals surface area (Å²) in [5, 5.41) is 4.99. The smallest absolute Gasteiger partial charge is 0.271 e. The summed E-state index contributed by atoms with van der Waals surface area (Å²) in [6.07, 6.45) is 2.40. The van der Waals surface area contributed by atoms with Gasteiger partial charge in [-0.05, 0) is 30.5 Å². The first-order valence-corrected chi connectivity index (χ1v) is 7.56. The minimum Gasteiger partial charge on any atom is -0.348 e. The van der Waals surface area contributed by atoms with E-state index in [0.29, 0.717) is 11.3 Å². The number of carbonyl (C=O) groups excluding carboxylic acids is 1. The highest BCUT2D eigenvalue weighted by Crippen LogP contribution is 2.11. The molecule has 2 rings (SSSR count). The largest absolute Gasteiger partial charge is 0.348 e. The summed E-state index contributed by atoms with van der Waals surface area (Å²) in [7, 11) is 0. The topological polar surface area (TPSA) is 68.0 Å². The maximum Gasteiger partial charge on any atom is 0.271 e. The molecule has 0 aromatic carbocycles. The van der Waals surface area contributed by atoms with Crippen molar-refractivity contribution in [2.45, 2.75) is 19.4 Å². The van der Waals surface area contributed by atoms with Crippen LogP contribution < -0.4 is 11.1 Å². The molecule has 0 aliphatic rings. The summed E-state index contributed by atoms with van der Waals surface area (Å²) in [5.41, 5.74) is 6.31. The minimum atomic E-state index is -0.207. The van der Waals surface area contributed by atoms with Crippen LogP contribution in [0.4, 0.5) is 0 Å². The Morgan fingerprint density at radius 1 is 1.48 bits per heavy atom. The fraction of sp³-hybridized carbons (Fsp3) is 0.250. The second kappa shape index (κ2) is 7.58. The lowest BCUT2D eigenvalue weighted by Crippen LogP contribution is -2.34. The molecule has 0 radical (unpaired) electrons. The van der Waals surface area contributed by atoms with E-state index in [0.717, 1.165) is 6.42 Å². The predicted molar refractivity (Wildman–Crippen MR) is 85.1 cm³/mol. The molecule has 3 N–H and O–H groups in total. The van der Waals surface area contributed by atoms with Crippen molar-refractivity contribution in [1.29, 1.82) is 0 Å². The van der Waals surface area contributed by atoms with Gasteiger partial charge in [-0.3, -0.25) is 4.79 Å². The first-order chi connectivity index (χ1) is 10.2. The number of hydrogen-bond acceptors (Lipinski definition) is 4. The third kappa shape index (κ3) is 4.42. The average Bonchev–Trinajstić information content (AvgIpc) is 2.98. The molecule has 1 atom stereocenters. The van der Waals surface area contributed by atoms with Crippen molar-refractivity contribution in [3.8, 4) is 11.8 Å². The van der Waals surface area contributed by atoms with E-state index in [9.17, 15) is 4.79 Å². The Morgan fingerprint density at radius 3 is 3.05 bits per heavy atom. The molecule has 0 aliphatic heterocycles. The summed E-state index contributed by atoms with van der Waals surface area (Å²) in [6.45, 7) is 2.23. The maximum atomic E-state index is 12.3. The Balaban J connectivity index is 2.06. The molecular weight excluding hydrogens is 282 g/mol.